The Morgan fingerprint density at radius 3 is 2.63 bits per heavy atom. The lowest BCUT2D eigenvalue weighted by atomic mass is 10.1. The molecule has 2 amide bonds. The number of ether oxygens (including phenoxy) is 2. The molecular weight excluding hydrogens is 346 g/mol. The van der Waals surface area contributed by atoms with Gasteiger partial charge >= 0.3 is 0 Å². The summed E-state index contributed by atoms with van der Waals surface area (Å²) in [4.78, 5) is 23.7. The van der Waals surface area contributed by atoms with Crippen LogP contribution in [0.2, 0.25) is 0 Å². The lowest BCUT2D eigenvalue weighted by molar-refractivity contribution is -0.127. The van der Waals surface area contributed by atoms with Gasteiger partial charge in [0.1, 0.15) is 0 Å². The maximum Gasteiger partial charge on any atom is 0.239 e. The van der Waals surface area contributed by atoms with Crippen LogP contribution in [0.3, 0.4) is 0 Å². The Bertz CT molecular complexity index is 615. The zero-order valence-corrected chi connectivity index (χ0v) is 16.2. The molecule has 0 bridgehead atoms. The highest BCUT2D eigenvalue weighted by molar-refractivity contribution is 5.87. The molecule has 0 spiro atoms. The van der Waals surface area contributed by atoms with E-state index in [4.69, 9.17) is 15.2 Å². The van der Waals surface area contributed by atoms with Crippen molar-refractivity contribution < 1.29 is 19.1 Å². The molecule has 1 saturated heterocycles. The van der Waals surface area contributed by atoms with Crippen LogP contribution in [-0.4, -0.2) is 43.7 Å². The molecule has 7 nitrogen and oxygen atoms in total. The Labute approximate surface area is 161 Å². The van der Waals surface area contributed by atoms with Gasteiger partial charge in [-0.3, -0.25) is 9.59 Å². The number of carbonyl (C=O) groups excluding carboxylic acids is 2. The number of carbonyl (C=O) groups is 2. The first-order valence-corrected chi connectivity index (χ1v) is 9.53. The molecule has 7 heteroatoms. The summed E-state index contributed by atoms with van der Waals surface area (Å²) in [6.07, 6.45) is 2.12. The number of hydrogen-bond donors (Lipinski definition) is 3. The number of nitrogens with two attached hydrogens (primary N) is 1. The third-order valence-corrected chi connectivity index (χ3v) is 4.58. The number of nitrogens with one attached hydrogen (secondary N) is 2. The maximum atomic E-state index is 11.9. The standard InChI is InChI=1S/C20H31N3O4/c1-14(2)19(21)20(25)23-12-18(24)22-11-15-4-3-5-16(10-15)13-27-17-6-8-26-9-7-17/h3-5,10,14,17,19H,6-9,11-13,21H2,1-2H3,(H,22,24)(H,23,25)/t19-/m0/s1. The van der Waals surface area contributed by atoms with Crippen molar-refractivity contribution in [1.29, 1.82) is 0 Å². The first-order chi connectivity index (χ1) is 13.0. The molecular formula is C20H31N3O4. The van der Waals surface area contributed by atoms with E-state index in [1.54, 1.807) is 0 Å². The van der Waals surface area contributed by atoms with Gasteiger partial charge in [0.15, 0.2) is 0 Å². The Morgan fingerprint density at radius 1 is 1.22 bits per heavy atom. The van der Waals surface area contributed by atoms with Gasteiger partial charge in [0.25, 0.3) is 0 Å². The summed E-state index contributed by atoms with van der Waals surface area (Å²) < 4.78 is 11.3. The van der Waals surface area contributed by atoms with Crippen LogP contribution < -0.4 is 16.4 Å². The Hall–Kier alpha value is -1.96. The first-order valence-electron chi connectivity index (χ1n) is 9.53. The SMILES string of the molecule is CC(C)[C@H](N)C(=O)NCC(=O)NCc1cccc(COC2CCOCC2)c1. The normalized spacial score (nSPS) is 16.1. The fourth-order valence-electron chi connectivity index (χ4n) is 2.74. The van der Waals surface area contributed by atoms with Crippen molar-refractivity contribution in [3.8, 4) is 0 Å². The van der Waals surface area contributed by atoms with Crippen LogP contribution >= 0.6 is 0 Å². The predicted octanol–water partition coefficient (Wildman–Crippen LogP) is 1.10. The molecule has 4 N–H and O–H groups in total. The van der Waals surface area contributed by atoms with Gasteiger partial charge in [-0.05, 0) is 29.9 Å². The molecule has 0 saturated carbocycles. The minimum absolute atomic E-state index is 0.0270. The van der Waals surface area contributed by atoms with E-state index >= 15 is 0 Å². The highest BCUT2D eigenvalue weighted by atomic mass is 16.5. The summed E-state index contributed by atoms with van der Waals surface area (Å²) in [5, 5.41) is 5.36. The summed E-state index contributed by atoms with van der Waals surface area (Å²) in [6.45, 7) is 6.12. The molecule has 1 aromatic rings. The summed E-state index contributed by atoms with van der Waals surface area (Å²) in [5.41, 5.74) is 7.81. The molecule has 150 valence electrons. The number of hydrogen-bond acceptors (Lipinski definition) is 5. The zero-order chi connectivity index (χ0) is 19.6. The predicted molar refractivity (Wildman–Crippen MR) is 103 cm³/mol. The summed E-state index contributed by atoms with van der Waals surface area (Å²) in [7, 11) is 0. The molecule has 0 unspecified atom stereocenters. The van der Waals surface area contributed by atoms with Crippen molar-refractivity contribution in [3.05, 3.63) is 35.4 Å². The lowest BCUT2D eigenvalue weighted by Gasteiger charge is -2.22. The van der Waals surface area contributed by atoms with Gasteiger partial charge in [-0.15, -0.1) is 0 Å². The molecule has 1 aliphatic heterocycles. The van der Waals surface area contributed by atoms with Crippen molar-refractivity contribution in [2.45, 2.75) is 52.0 Å². The Balaban J connectivity index is 1.72. The van der Waals surface area contributed by atoms with Crippen molar-refractivity contribution >= 4 is 11.8 Å². The van der Waals surface area contributed by atoms with Gasteiger partial charge < -0.3 is 25.8 Å². The van der Waals surface area contributed by atoms with Crippen molar-refractivity contribution in [2.75, 3.05) is 19.8 Å². The average Bonchev–Trinajstić information content (AvgIpc) is 2.69. The van der Waals surface area contributed by atoms with Gasteiger partial charge in [0.05, 0.1) is 25.3 Å². The molecule has 0 aromatic heterocycles. The molecule has 27 heavy (non-hydrogen) atoms. The van der Waals surface area contributed by atoms with Crippen molar-refractivity contribution in [3.63, 3.8) is 0 Å². The van der Waals surface area contributed by atoms with Crippen molar-refractivity contribution in [1.82, 2.24) is 10.6 Å². The minimum atomic E-state index is -0.606. The largest absolute Gasteiger partial charge is 0.381 e. The quantitative estimate of drug-likeness (QED) is 0.598. The van der Waals surface area contributed by atoms with Gasteiger partial charge in [0, 0.05) is 19.8 Å². The van der Waals surface area contributed by atoms with E-state index in [1.807, 2.05) is 38.1 Å². The van der Waals surface area contributed by atoms with Crippen LogP contribution in [0, 0.1) is 5.92 Å². The molecule has 0 radical (unpaired) electrons. The Morgan fingerprint density at radius 2 is 1.93 bits per heavy atom. The second-order valence-electron chi connectivity index (χ2n) is 7.21. The monoisotopic (exact) mass is 377 g/mol. The fourth-order valence-corrected chi connectivity index (χ4v) is 2.74. The summed E-state index contributed by atoms with van der Waals surface area (Å²) in [5.74, 6) is -0.533. The fraction of sp³-hybridized carbons (Fsp3) is 0.600. The summed E-state index contributed by atoms with van der Waals surface area (Å²) in [6, 6.07) is 7.33. The number of rotatable bonds is 9. The second kappa shape index (κ2) is 11.0. The molecule has 0 aliphatic carbocycles. The number of benzene rings is 1. The van der Waals surface area contributed by atoms with Crippen LogP contribution in [-0.2, 0) is 32.2 Å². The van der Waals surface area contributed by atoms with Gasteiger partial charge in [-0.1, -0.05) is 38.1 Å². The van der Waals surface area contributed by atoms with Crippen LogP contribution in [0.25, 0.3) is 0 Å². The van der Waals surface area contributed by atoms with Gasteiger partial charge in [-0.25, -0.2) is 0 Å². The zero-order valence-electron chi connectivity index (χ0n) is 16.2. The van der Waals surface area contributed by atoms with Crippen LogP contribution in [0.1, 0.15) is 37.8 Å². The van der Waals surface area contributed by atoms with E-state index in [1.165, 1.54) is 0 Å². The molecule has 1 aromatic carbocycles. The van der Waals surface area contributed by atoms with Crippen LogP contribution in [0.4, 0.5) is 0 Å². The third-order valence-electron chi connectivity index (χ3n) is 4.58. The van der Waals surface area contributed by atoms with Crippen LogP contribution in [0.5, 0.6) is 0 Å². The van der Waals surface area contributed by atoms with E-state index in [2.05, 4.69) is 10.6 Å². The van der Waals surface area contributed by atoms with E-state index in [9.17, 15) is 9.59 Å². The van der Waals surface area contributed by atoms with Crippen molar-refractivity contribution in [2.24, 2.45) is 11.7 Å². The van der Waals surface area contributed by atoms with Gasteiger partial charge in [-0.2, -0.15) is 0 Å². The number of amides is 2. The first kappa shape index (κ1) is 21.3. The molecule has 2 rings (SSSR count). The highest BCUT2D eigenvalue weighted by Gasteiger charge is 2.17. The molecule has 1 aliphatic rings. The molecule has 1 fully saturated rings. The van der Waals surface area contributed by atoms with E-state index in [-0.39, 0.29) is 30.4 Å². The van der Waals surface area contributed by atoms with E-state index in [0.29, 0.717) is 13.2 Å². The highest BCUT2D eigenvalue weighted by Crippen LogP contribution is 2.14. The topological polar surface area (TPSA) is 103 Å². The Kier molecular flexibility index (Phi) is 8.71. The smallest absolute Gasteiger partial charge is 0.239 e. The maximum absolute atomic E-state index is 11.9. The molecule has 1 heterocycles. The second-order valence-corrected chi connectivity index (χ2v) is 7.21. The average molecular weight is 377 g/mol. The van der Waals surface area contributed by atoms with E-state index < -0.39 is 6.04 Å². The third kappa shape index (κ3) is 7.66. The molecule has 1 atom stereocenters. The van der Waals surface area contributed by atoms with Crippen LogP contribution in [0.15, 0.2) is 24.3 Å². The van der Waals surface area contributed by atoms with Gasteiger partial charge in [0.2, 0.25) is 11.8 Å². The van der Waals surface area contributed by atoms with E-state index in [0.717, 1.165) is 37.2 Å². The lowest BCUT2D eigenvalue weighted by Crippen LogP contribution is -2.47. The summed E-state index contributed by atoms with van der Waals surface area (Å²) >= 11 is 0. The minimum Gasteiger partial charge on any atom is -0.381 e.